The summed E-state index contributed by atoms with van der Waals surface area (Å²) in [5.74, 6) is 0. The largest absolute Gasteiger partial charge is 0.370 e. The summed E-state index contributed by atoms with van der Waals surface area (Å²) < 4.78 is 5.82. The predicted octanol–water partition coefficient (Wildman–Crippen LogP) is 1.05. The molecule has 0 aromatic heterocycles. The zero-order chi connectivity index (χ0) is 10.6. The van der Waals surface area contributed by atoms with E-state index >= 15 is 0 Å². The summed E-state index contributed by atoms with van der Waals surface area (Å²) in [5.41, 5.74) is 0.197. The van der Waals surface area contributed by atoms with Gasteiger partial charge in [0, 0.05) is 26.2 Å². The van der Waals surface area contributed by atoms with Crippen LogP contribution in [0.2, 0.25) is 0 Å². The summed E-state index contributed by atoms with van der Waals surface area (Å²) >= 11 is 0. The van der Waals surface area contributed by atoms with Crippen LogP contribution in [0.25, 0.3) is 0 Å². The van der Waals surface area contributed by atoms with Crippen molar-refractivity contribution in [1.82, 2.24) is 9.80 Å². The van der Waals surface area contributed by atoms with E-state index in [4.69, 9.17) is 4.74 Å². The molecule has 2 heterocycles. The van der Waals surface area contributed by atoms with Gasteiger partial charge < -0.3 is 9.64 Å². The van der Waals surface area contributed by atoms with Crippen LogP contribution in [0.3, 0.4) is 0 Å². The fourth-order valence-electron chi connectivity index (χ4n) is 2.32. The maximum Gasteiger partial charge on any atom is 0.106 e. The molecule has 3 heteroatoms. The van der Waals surface area contributed by atoms with Crippen molar-refractivity contribution in [3.8, 4) is 0 Å². The Bertz CT molecular complexity index is 161. The van der Waals surface area contributed by atoms with E-state index in [9.17, 15) is 0 Å². The lowest BCUT2D eigenvalue weighted by Crippen LogP contribution is -2.68. The minimum atomic E-state index is 0.197. The van der Waals surface area contributed by atoms with Crippen molar-refractivity contribution in [3.63, 3.8) is 0 Å². The SMILES string of the molecule is CC.CCN1CCOC2(CN(C)C2)C1. The fourth-order valence-corrected chi connectivity index (χ4v) is 2.32. The standard InChI is InChI=1S/C9H18N2O.C2H6/c1-3-11-4-5-12-9(8-11)6-10(2)7-9;1-2/h3-8H2,1-2H3;1-2H3. The van der Waals surface area contributed by atoms with Crippen LogP contribution in [-0.4, -0.2) is 61.8 Å². The van der Waals surface area contributed by atoms with Crippen LogP contribution >= 0.6 is 0 Å². The second kappa shape index (κ2) is 5.10. The summed E-state index contributed by atoms with van der Waals surface area (Å²) in [6.45, 7) is 12.8. The van der Waals surface area contributed by atoms with E-state index < -0.39 is 0 Å². The molecule has 0 amide bonds. The van der Waals surface area contributed by atoms with Crippen LogP contribution in [-0.2, 0) is 4.74 Å². The summed E-state index contributed by atoms with van der Waals surface area (Å²) in [7, 11) is 2.15. The summed E-state index contributed by atoms with van der Waals surface area (Å²) in [4.78, 5) is 4.80. The van der Waals surface area contributed by atoms with Gasteiger partial charge >= 0.3 is 0 Å². The lowest BCUT2D eigenvalue weighted by molar-refractivity contribution is -0.176. The lowest BCUT2D eigenvalue weighted by atomic mass is 9.92. The average molecular weight is 200 g/mol. The first kappa shape index (κ1) is 12.0. The van der Waals surface area contributed by atoms with Gasteiger partial charge in [-0.1, -0.05) is 20.8 Å². The van der Waals surface area contributed by atoms with Gasteiger partial charge in [0.15, 0.2) is 0 Å². The first-order chi connectivity index (χ1) is 6.74. The molecule has 0 radical (unpaired) electrons. The van der Waals surface area contributed by atoms with Crippen molar-refractivity contribution in [2.24, 2.45) is 0 Å². The molecule has 2 fully saturated rings. The van der Waals surface area contributed by atoms with E-state index in [0.29, 0.717) is 0 Å². The highest BCUT2D eigenvalue weighted by atomic mass is 16.5. The molecule has 2 saturated heterocycles. The van der Waals surface area contributed by atoms with Crippen LogP contribution < -0.4 is 0 Å². The monoisotopic (exact) mass is 200 g/mol. The molecule has 2 aliphatic rings. The number of likely N-dealkylation sites (tertiary alicyclic amines) is 1. The first-order valence-corrected chi connectivity index (χ1v) is 5.79. The van der Waals surface area contributed by atoms with Crippen molar-refractivity contribution < 1.29 is 4.74 Å². The zero-order valence-electron chi connectivity index (χ0n) is 10.0. The van der Waals surface area contributed by atoms with Crippen molar-refractivity contribution >= 4 is 0 Å². The average Bonchev–Trinajstić information content (AvgIpc) is 2.19. The number of likely N-dealkylation sites (N-methyl/N-ethyl adjacent to an activating group) is 2. The maximum absolute atomic E-state index is 5.82. The van der Waals surface area contributed by atoms with Gasteiger partial charge in [-0.05, 0) is 13.6 Å². The lowest BCUT2D eigenvalue weighted by Gasteiger charge is -2.52. The molecule has 0 bridgehead atoms. The van der Waals surface area contributed by atoms with Crippen LogP contribution in [0.4, 0.5) is 0 Å². The third-order valence-corrected chi connectivity index (χ3v) is 2.89. The Morgan fingerprint density at radius 1 is 1.21 bits per heavy atom. The van der Waals surface area contributed by atoms with Gasteiger partial charge in [0.2, 0.25) is 0 Å². The van der Waals surface area contributed by atoms with Crippen molar-refractivity contribution in [2.75, 3.05) is 46.4 Å². The Hall–Kier alpha value is -0.120. The molecule has 0 saturated carbocycles. The topological polar surface area (TPSA) is 15.7 Å². The second-order valence-electron chi connectivity index (χ2n) is 4.07. The van der Waals surface area contributed by atoms with E-state index in [1.54, 1.807) is 0 Å². The first-order valence-electron chi connectivity index (χ1n) is 5.79. The van der Waals surface area contributed by atoms with Gasteiger partial charge in [0.25, 0.3) is 0 Å². The molecule has 0 unspecified atom stereocenters. The minimum Gasteiger partial charge on any atom is -0.370 e. The van der Waals surface area contributed by atoms with Gasteiger partial charge in [-0.15, -0.1) is 0 Å². The van der Waals surface area contributed by atoms with Gasteiger partial charge in [0.1, 0.15) is 5.60 Å². The van der Waals surface area contributed by atoms with E-state index in [2.05, 4.69) is 23.8 Å². The highest BCUT2D eigenvalue weighted by molar-refractivity contribution is 4.99. The Morgan fingerprint density at radius 2 is 1.86 bits per heavy atom. The molecule has 3 nitrogen and oxygen atoms in total. The quantitative estimate of drug-likeness (QED) is 0.629. The van der Waals surface area contributed by atoms with Crippen LogP contribution in [0.1, 0.15) is 20.8 Å². The van der Waals surface area contributed by atoms with Gasteiger partial charge in [-0.2, -0.15) is 0 Å². The van der Waals surface area contributed by atoms with Crippen molar-refractivity contribution in [1.29, 1.82) is 0 Å². The van der Waals surface area contributed by atoms with E-state index in [1.807, 2.05) is 13.8 Å². The Morgan fingerprint density at radius 3 is 2.36 bits per heavy atom. The van der Waals surface area contributed by atoms with Crippen LogP contribution in [0, 0.1) is 0 Å². The molecule has 0 atom stereocenters. The fraction of sp³-hybridized carbons (Fsp3) is 1.00. The Kier molecular flexibility index (Phi) is 4.35. The smallest absolute Gasteiger partial charge is 0.106 e. The van der Waals surface area contributed by atoms with Gasteiger partial charge in [-0.3, -0.25) is 4.90 Å². The summed E-state index contributed by atoms with van der Waals surface area (Å²) in [6, 6.07) is 0. The third-order valence-electron chi connectivity index (χ3n) is 2.89. The zero-order valence-corrected chi connectivity index (χ0v) is 10.0. The number of hydrogen-bond donors (Lipinski definition) is 0. The normalized spacial score (nSPS) is 26.6. The molecule has 0 N–H and O–H groups in total. The van der Waals surface area contributed by atoms with Crippen LogP contribution in [0.15, 0.2) is 0 Å². The molecule has 2 rings (SSSR count). The second-order valence-corrected chi connectivity index (χ2v) is 4.07. The summed E-state index contributed by atoms with van der Waals surface area (Å²) in [6.07, 6.45) is 0. The number of nitrogens with zero attached hydrogens (tertiary/aromatic N) is 2. The van der Waals surface area contributed by atoms with Gasteiger partial charge in [0.05, 0.1) is 6.61 Å². The molecule has 14 heavy (non-hydrogen) atoms. The van der Waals surface area contributed by atoms with E-state index in [0.717, 1.165) is 39.3 Å². The molecule has 1 spiro atoms. The highest BCUT2D eigenvalue weighted by Gasteiger charge is 2.45. The molecule has 2 aliphatic heterocycles. The number of morpholine rings is 1. The van der Waals surface area contributed by atoms with Crippen molar-refractivity contribution in [3.05, 3.63) is 0 Å². The van der Waals surface area contributed by atoms with Crippen LogP contribution in [0.5, 0.6) is 0 Å². The Labute approximate surface area is 88.0 Å². The minimum absolute atomic E-state index is 0.197. The molecule has 0 aliphatic carbocycles. The third kappa shape index (κ3) is 2.47. The Balaban J connectivity index is 0.000000461. The maximum atomic E-state index is 5.82. The predicted molar refractivity (Wildman–Crippen MR) is 59.6 cm³/mol. The molecule has 0 aromatic carbocycles. The van der Waals surface area contributed by atoms with E-state index in [1.165, 1.54) is 0 Å². The van der Waals surface area contributed by atoms with E-state index in [-0.39, 0.29) is 5.60 Å². The molecule has 0 aromatic rings. The number of hydrogen-bond acceptors (Lipinski definition) is 3. The molecule has 84 valence electrons. The summed E-state index contributed by atoms with van der Waals surface area (Å²) in [5, 5.41) is 0. The highest BCUT2D eigenvalue weighted by Crippen LogP contribution is 2.27. The van der Waals surface area contributed by atoms with Gasteiger partial charge in [-0.25, -0.2) is 0 Å². The molecular formula is C11H24N2O. The molecular weight excluding hydrogens is 176 g/mol. The van der Waals surface area contributed by atoms with Crippen molar-refractivity contribution in [2.45, 2.75) is 26.4 Å². The number of rotatable bonds is 1. The number of ether oxygens (including phenoxy) is 1.